The van der Waals surface area contributed by atoms with Crippen molar-refractivity contribution in [2.45, 2.75) is 52.1 Å². The molecule has 1 aliphatic rings. The van der Waals surface area contributed by atoms with Crippen molar-refractivity contribution in [2.24, 2.45) is 4.99 Å². The highest BCUT2D eigenvalue weighted by Crippen LogP contribution is 2.35. The molecule has 10 nitrogen and oxygen atoms in total. The Morgan fingerprint density at radius 1 is 1.14 bits per heavy atom. The Morgan fingerprint density at radius 2 is 1.91 bits per heavy atom. The van der Waals surface area contributed by atoms with Crippen molar-refractivity contribution in [1.29, 1.82) is 0 Å². The molecule has 14 heteroatoms. The highest BCUT2D eigenvalue weighted by Gasteiger charge is 2.33. The van der Waals surface area contributed by atoms with E-state index in [4.69, 9.17) is 0 Å². The molecule has 3 heterocycles. The molecule has 2 amide bonds. The Labute approximate surface area is 256 Å². The first-order valence-corrected chi connectivity index (χ1v) is 14.8. The summed E-state index contributed by atoms with van der Waals surface area (Å²) < 4.78 is 42.3. The lowest BCUT2D eigenvalue weighted by Gasteiger charge is -2.26. The third kappa shape index (κ3) is 7.74. The zero-order valence-electron chi connectivity index (χ0n) is 24.1. The van der Waals surface area contributed by atoms with Crippen molar-refractivity contribution in [1.82, 2.24) is 19.7 Å². The number of nitrogens with one attached hydrogen (secondary N) is 1. The molecule has 0 spiro atoms. The summed E-state index contributed by atoms with van der Waals surface area (Å²) in [6, 6.07) is 15.4. The number of aromatic nitrogens is 4. The van der Waals surface area contributed by atoms with Crippen LogP contribution >= 0.6 is 11.8 Å². The molecule has 0 radical (unpaired) electrons. The Hall–Kier alpha value is -4.43. The molecule has 44 heavy (non-hydrogen) atoms. The lowest BCUT2D eigenvalue weighted by molar-refractivity contribution is -0.274. The molecule has 2 aromatic heterocycles. The third-order valence-electron chi connectivity index (χ3n) is 6.70. The molecule has 0 bridgehead atoms. The average Bonchev–Trinajstić information content (AvgIpc) is 3.58. The summed E-state index contributed by atoms with van der Waals surface area (Å²) in [7, 11) is 0. The number of amides is 2. The molecule has 1 fully saturated rings. The van der Waals surface area contributed by atoms with Gasteiger partial charge in [-0.1, -0.05) is 49.9 Å². The number of anilines is 2. The van der Waals surface area contributed by atoms with Crippen LogP contribution in [0.15, 0.2) is 72.1 Å². The molecule has 1 saturated heterocycles. The molecule has 0 saturated carbocycles. The van der Waals surface area contributed by atoms with Gasteiger partial charge < -0.3 is 15.2 Å². The van der Waals surface area contributed by atoms with Gasteiger partial charge in [0.25, 0.3) is 0 Å². The maximum Gasteiger partial charge on any atom is 0.573 e. The number of pyridine rings is 1. The highest BCUT2D eigenvalue weighted by molar-refractivity contribution is 8.14. The van der Waals surface area contributed by atoms with Crippen molar-refractivity contribution in [2.75, 3.05) is 16.0 Å². The number of aliphatic imine (C=N–C) groups is 1. The van der Waals surface area contributed by atoms with Crippen molar-refractivity contribution < 1.29 is 27.8 Å². The Kier molecular flexibility index (Phi) is 9.20. The number of rotatable bonds is 8. The van der Waals surface area contributed by atoms with E-state index in [9.17, 15) is 23.1 Å². The number of aliphatic hydroxyl groups excluding tert-OH is 1. The second-order valence-corrected chi connectivity index (χ2v) is 11.4. The minimum Gasteiger partial charge on any atom is -0.404 e. The first kappa shape index (κ1) is 31.0. The number of aliphatic hydroxyl groups is 1. The van der Waals surface area contributed by atoms with Crippen LogP contribution in [0.3, 0.4) is 0 Å². The highest BCUT2D eigenvalue weighted by atomic mass is 32.2. The van der Waals surface area contributed by atoms with E-state index < -0.39 is 24.4 Å². The number of urea groups is 1. The molecule has 4 aromatic rings. The molecular weight excluding hydrogens is 595 g/mol. The van der Waals surface area contributed by atoms with Gasteiger partial charge in [-0.05, 0) is 66.3 Å². The van der Waals surface area contributed by atoms with Crippen molar-refractivity contribution in [3.63, 3.8) is 0 Å². The monoisotopic (exact) mass is 625 g/mol. The van der Waals surface area contributed by atoms with E-state index in [2.05, 4.69) is 44.0 Å². The zero-order chi connectivity index (χ0) is 31.4. The number of halogens is 3. The second kappa shape index (κ2) is 13.1. The maximum atomic E-state index is 12.8. The van der Waals surface area contributed by atoms with Gasteiger partial charge in [0.05, 0.1) is 6.20 Å². The van der Waals surface area contributed by atoms with Gasteiger partial charge in [-0.3, -0.25) is 4.90 Å². The SMILES string of the molecule is Cc1ccc(C(C)C)c(N2/C(=N/C(=O)Nc3ccc(CCc4ncn(-c5ccc(OC(F)(F)F)cn5)n4)cc3)SCC2O)c1. The number of carbonyl (C=O) groups is 1. The Balaban J connectivity index is 1.18. The van der Waals surface area contributed by atoms with E-state index in [1.807, 2.05) is 37.3 Å². The van der Waals surface area contributed by atoms with E-state index in [1.54, 1.807) is 17.0 Å². The predicted molar refractivity (Wildman–Crippen MR) is 162 cm³/mol. The molecule has 230 valence electrons. The molecule has 1 unspecified atom stereocenters. The number of hydrogen-bond donors (Lipinski definition) is 2. The van der Waals surface area contributed by atoms with Crippen LogP contribution in [0.25, 0.3) is 5.82 Å². The number of alkyl halides is 3. The second-order valence-electron chi connectivity index (χ2n) is 10.4. The minimum atomic E-state index is -4.79. The van der Waals surface area contributed by atoms with Gasteiger partial charge in [-0.25, -0.2) is 19.4 Å². The van der Waals surface area contributed by atoms with Gasteiger partial charge in [-0.15, -0.1) is 18.3 Å². The molecular formula is C30H30F3N7O3S. The number of carbonyl (C=O) groups excluding carboxylic acids is 1. The number of ether oxygens (including phenoxy) is 1. The van der Waals surface area contributed by atoms with E-state index >= 15 is 0 Å². The predicted octanol–water partition coefficient (Wildman–Crippen LogP) is 6.24. The lowest BCUT2D eigenvalue weighted by atomic mass is 9.98. The summed E-state index contributed by atoms with van der Waals surface area (Å²) in [6.07, 6.45) is -2.05. The van der Waals surface area contributed by atoms with Gasteiger partial charge in [0.2, 0.25) is 0 Å². The molecule has 1 atom stereocenters. The first-order chi connectivity index (χ1) is 20.9. The summed E-state index contributed by atoms with van der Waals surface area (Å²) in [5, 5.41) is 18.3. The van der Waals surface area contributed by atoms with E-state index in [0.29, 0.717) is 41.1 Å². The van der Waals surface area contributed by atoms with Crippen LogP contribution in [0, 0.1) is 6.92 Å². The third-order valence-corrected chi connectivity index (χ3v) is 7.71. The van der Waals surface area contributed by atoms with E-state index in [0.717, 1.165) is 34.6 Å². The van der Waals surface area contributed by atoms with Crippen molar-refractivity contribution in [3.05, 3.63) is 89.6 Å². The Morgan fingerprint density at radius 3 is 2.59 bits per heavy atom. The average molecular weight is 626 g/mol. The fourth-order valence-corrected chi connectivity index (χ4v) is 5.55. The molecule has 0 aliphatic carbocycles. The van der Waals surface area contributed by atoms with Crippen LogP contribution in [-0.2, 0) is 12.8 Å². The normalized spacial score (nSPS) is 16.1. The summed E-state index contributed by atoms with van der Waals surface area (Å²) in [5.74, 6) is 1.04. The summed E-state index contributed by atoms with van der Waals surface area (Å²) in [5.41, 5.74) is 4.51. The lowest BCUT2D eigenvalue weighted by Crippen LogP contribution is -2.35. The summed E-state index contributed by atoms with van der Waals surface area (Å²) in [6.45, 7) is 6.15. The molecule has 5 rings (SSSR count). The van der Waals surface area contributed by atoms with Crippen molar-refractivity contribution >= 4 is 34.3 Å². The number of aryl methyl sites for hydroxylation is 3. The van der Waals surface area contributed by atoms with Crippen LogP contribution in [-0.4, -0.2) is 54.4 Å². The van der Waals surface area contributed by atoms with Gasteiger partial charge in [0, 0.05) is 23.5 Å². The molecule has 2 aromatic carbocycles. The number of thioether (sulfide) groups is 1. The van der Waals surface area contributed by atoms with Crippen LogP contribution in [0.4, 0.5) is 29.3 Å². The Bertz CT molecular complexity index is 1640. The quantitative estimate of drug-likeness (QED) is 0.236. The molecule has 1 aliphatic heterocycles. The zero-order valence-corrected chi connectivity index (χ0v) is 24.9. The standard InChI is InChI=1S/C30H30F3N7O3S/c1-18(2)23-11-4-19(3)14-24(23)40-27(41)16-44-29(40)37-28(42)36-21-8-5-20(6-9-21)7-12-25-35-17-39(38-25)26-13-10-22(15-34-26)43-30(31,32)33/h4-6,8-11,13-15,17-18,27,41H,7,12,16H2,1-3H3,(H,36,42)/b37-29-. The smallest absolute Gasteiger partial charge is 0.404 e. The fourth-order valence-electron chi connectivity index (χ4n) is 4.59. The van der Waals surface area contributed by atoms with Gasteiger partial charge in [0.1, 0.15) is 18.3 Å². The number of nitrogens with zero attached hydrogens (tertiary/aromatic N) is 6. The van der Waals surface area contributed by atoms with Gasteiger partial charge in [0.15, 0.2) is 16.8 Å². The summed E-state index contributed by atoms with van der Waals surface area (Å²) >= 11 is 1.33. The first-order valence-electron chi connectivity index (χ1n) is 13.8. The van der Waals surface area contributed by atoms with Crippen LogP contribution < -0.4 is 15.0 Å². The summed E-state index contributed by atoms with van der Waals surface area (Å²) in [4.78, 5) is 27.0. The maximum absolute atomic E-state index is 12.8. The fraction of sp³-hybridized carbons (Fsp3) is 0.300. The van der Waals surface area contributed by atoms with Crippen LogP contribution in [0.5, 0.6) is 5.75 Å². The number of amidine groups is 1. The van der Waals surface area contributed by atoms with Gasteiger partial charge >= 0.3 is 12.4 Å². The van der Waals surface area contributed by atoms with Crippen molar-refractivity contribution in [3.8, 4) is 11.6 Å². The molecule has 2 N–H and O–H groups in total. The number of hydrogen-bond acceptors (Lipinski definition) is 7. The van der Waals surface area contributed by atoms with Crippen LogP contribution in [0.1, 0.15) is 42.3 Å². The van der Waals surface area contributed by atoms with Gasteiger partial charge in [-0.2, -0.15) is 4.99 Å². The topological polar surface area (TPSA) is 118 Å². The number of benzene rings is 2. The van der Waals surface area contributed by atoms with E-state index in [-0.39, 0.29) is 5.92 Å². The van der Waals surface area contributed by atoms with Crippen LogP contribution in [0.2, 0.25) is 0 Å². The van der Waals surface area contributed by atoms with E-state index in [1.165, 1.54) is 28.8 Å². The largest absolute Gasteiger partial charge is 0.573 e. The minimum absolute atomic E-state index is 0.225.